The molecule has 61 heavy (non-hydrogen) atoms. The Kier molecular flexibility index (Phi) is 15.7. The minimum Gasteiger partial charge on any atom is -0.408 e. The average molecular weight is 875 g/mol. The lowest BCUT2D eigenvalue weighted by Crippen LogP contribution is -2.08. The molecule has 0 bridgehead atoms. The average Bonchev–Trinajstić information content (AvgIpc) is 3.20. The van der Waals surface area contributed by atoms with Crippen molar-refractivity contribution in [2.45, 2.75) is 117 Å². The van der Waals surface area contributed by atoms with E-state index in [9.17, 15) is 0 Å². The maximum Gasteiger partial charge on any atom is 0.530 e. The Morgan fingerprint density at radius 1 is 0.361 bits per heavy atom. The number of para-hydroxylation sites is 4. The second-order valence-electron chi connectivity index (χ2n) is 16.7. The van der Waals surface area contributed by atoms with Crippen LogP contribution in [0.3, 0.4) is 0 Å². The Morgan fingerprint density at radius 2 is 0.623 bits per heavy atom. The van der Waals surface area contributed by atoms with Crippen LogP contribution < -0.4 is 27.1 Å². The van der Waals surface area contributed by atoms with Gasteiger partial charge in [-0.2, -0.15) is 0 Å². The van der Waals surface area contributed by atoms with E-state index in [-0.39, 0.29) is 23.7 Å². The Labute approximate surface area is 371 Å². The number of hydrogen-bond donors (Lipinski definition) is 0. The molecule has 320 valence electrons. The molecule has 6 aromatic carbocycles. The van der Waals surface area contributed by atoms with Gasteiger partial charge in [-0.05, 0) is 132 Å². The van der Waals surface area contributed by atoms with Gasteiger partial charge in [-0.25, -0.2) is 0 Å². The van der Waals surface area contributed by atoms with Crippen molar-refractivity contribution in [2.24, 2.45) is 0 Å². The summed E-state index contributed by atoms with van der Waals surface area (Å²) in [5.41, 5.74) is 8.47. The Hall–Kier alpha value is -4.67. The van der Waals surface area contributed by atoms with Crippen LogP contribution in [0.25, 0.3) is 0 Å². The zero-order valence-corrected chi connectivity index (χ0v) is 40.2. The maximum absolute atomic E-state index is 7.00. The van der Waals surface area contributed by atoms with Gasteiger partial charge < -0.3 is 27.1 Å². The third-order valence-electron chi connectivity index (χ3n) is 10.2. The van der Waals surface area contributed by atoms with Crippen LogP contribution in [0.2, 0.25) is 0 Å². The third kappa shape index (κ3) is 11.8. The molecule has 0 radical (unpaired) electrons. The van der Waals surface area contributed by atoms with Crippen LogP contribution in [0.4, 0.5) is 0 Å². The lowest BCUT2D eigenvalue weighted by Gasteiger charge is -2.25. The van der Waals surface area contributed by atoms with Crippen molar-refractivity contribution in [3.8, 4) is 34.5 Å². The third-order valence-corrected chi connectivity index (χ3v) is 13.3. The minimum absolute atomic E-state index is 0.238. The standard InChI is InChI=1S/C52H60O6P2S/c1-33(2)41-21-13-17-25-45(41)53-59(54-46-26-18-14-22-42(46)34(3)4)57-51-39(11)29-37(9)31-49(51)61-50-32-38(10)30-40(12)52(50)58-60(55-47-27-19-15-23-43(47)35(5)6)56-48-28-20-16-24-44(48)36(7)8/h13-36H,1-12H3. The Balaban J connectivity index is 1.41. The zero-order chi connectivity index (χ0) is 43.8. The first-order chi connectivity index (χ1) is 29.2. The van der Waals surface area contributed by atoms with Crippen molar-refractivity contribution in [1.29, 1.82) is 0 Å². The molecule has 0 aliphatic rings. The molecule has 6 nitrogen and oxygen atoms in total. The molecular weight excluding hydrogens is 815 g/mol. The van der Waals surface area contributed by atoms with Gasteiger partial charge in [0.25, 0.3) is 0 Å². The van der Waals surface area contributed by atoms with E-state index < -0.39 is 17.2 Å². The quantitative estimate of drug-likeness (QED) is 0.0797. The van der Waals surface area contributed by atoms with E-state index in [1.165, 1.54) is 0 Å². The molecule has 6 aromatic rings. The monoisotopic (exact) mass is 874 g/mol. The number of hydrogen-bond acceptors (Lipinski definition) is 7. The van der Waals surface area contributed by atoms with Gasteiger partial charge in [0.1, 0.15) is 34.5 Å². The molecule has 0 unspecified atom stereocenters. The molecule has 0 atom stereocenters. The number of aryl methyl sites for hydroxylation is 4. The number of rotatable bonds is 18. The molecule has 0 N–H and O–H groups in total. The summed E-state index contributed by atoms with van der Waals surface area (Å²) in [4.78, 5) is 1.81. The van der Waals surface area contributed by atoms with Crippen molar-refractivity contribution >= 4 is 29.0 Å². The van der Waals surface area contributed by atoms with E-state index in [0.717, 1.165) is 77.3 Å². The van der Waals surface area contributed by atoms with E-state index in [2.05, 4.69) is 132 Å². The van der Waals surface area contributed by atoms with Gasteiger partial charge in [0.05, 0.1) is 9.79 Å². The van der Waals surface area contributed by atoms with E-state index >= 15 is 0 Å². The summed E-state index contributed by atoms with van der Waals surface area (Å²) < 4.78 is 41.1. The Morgan fingerprint density at radius 3 is 0.885 bits per heavy atom. The van der Waals surface area contributed by atoms with E-state index in [0.29, 0.717) is 11.5 Å². The molecule has 0 saturated carbocycles. The van der Waals surface area contributed by atoms with Crippen LogP contribution in [-0.4, -0.2) is 0 Å². The van der Waals surface area contributed by atoms with Crippen LogP contribution in [0.1, 0.15) is 124 Å². The van der Waals surface area contributed by atoms with Gasteiger partial charge in [0.15, 0.2) is 0 Å². The number of benzene rings is 6. The lowest BCUT2D eigenvalue weighted by atomic mass is 10.0. The minimum atomic E-state index is -1.98. The summed E-state index contributed by atoms with van der Waals surface area (Å²) in [5.74, 6) is 5.27. The van der Waals surface area contributed by atoms with Gasteiger partial charge in [0, 0.05) is 0 Å². The fourth-order valence-electron chi connectivity index (χ4n) is 7.08. The highest BCUT2D eigenvalue weighted by molar-refractivity contribution is 7.99. The SMILES string of the molecule is Cc1cc(C)c(OP(Oc2ccccc2C(C)C)Oc2ccccc2C(C)C)c(Sc2cc(C)cc(C)c2OP(Oc2ccccc2C(C)C)Oc2ccccc2C(C)C)c1. The molecule has 6 rings (SSSR count). The van der Waals surface area contributed by atoms with Gasteiger partial charge in [-0.15, -0.1) is 0 Å². The van der Waals surface area contributed by atoms with Crippen molar-refractivity contribution in [2.75, 3.05) is 0 Å². The largest absolute Gasteiger partial charge is 0.530 e. The van der Waals surface area contributed by atoms with Crippen molar-refractivity contribution in [1.82, 2.24) is 0 Å². The highest BCUT2D eigenvalue weighted by Gasteiger charge is 2.29. The highest BCUT2D eigenvalue weighted by Crippen LogP contribution is 2.53. The maximum atomic E-state index is 7.00. The summed E-state index contributed by atoms with van der Waals surface area (Å²) in [6, 6.07) is 41.0. The van der Waals surface area contributed by atoms with Crippen LogP contribution >= 0.6 is 29.0 Å². The molecule has 0 aliphatic carbocycles. The fourth-order valence-corrected chi connectivity index (χ4v) is 10.8. The van der Waals surface area contributed by atoms with Gasteiger partial charge in [-0.1, -0.05) is 152 Å². The van der Waals surface area contributed by atoms with E-state index in [1.807, 2.05) is 72.8 Å². The smallest absolute Gasteiger partial charge is 0.408 e. The van der Waals surface area contributed by atoms with Gasteiger partial charge in [-0.3, -0.25) is 0 Å². The summed E-state index contributed by atoms with van der Waals surface area (Å²) in [5, 5.41) is 0. The molecule has 0 fully saturated rings. The molecule has 0 aliphatic heterocycles. The zero-order valence-electron chi connectivity index (χ0n) is 37.6. The van der Waals surface area contributed by atoms with Crippen LogP contribution in [0.5, 0.6) is 34.5 Å². The fraction of sp³-hybridized carbons (Fsp3) is 0.308. The van der Waals surface area contributed by atoms with Crippen LogP contribution in [0, 0.1) is 27.7 Å². The summed E-state index contributed by atoms with van der Waals surface area (Å²) >= 11 is 1.59. The Bertz CT molecular complexity index is 2140. The molecular formula is C52H60O6P2S. The molecule has 0 aromatic heterocycles. The first-order valence-electron chi connectivity index (χ1n) is 21.1. The van der Waals surface area contributed by atoms with E-state index in [4.69, 9.17) is 27.1 Å². The van der Waals surface area contributed by atoms with E-state index in [1.54, 1.807) is 11.8 Å². The van der Waals surface area contributed by atoms with Crippen molar-refractivity contribution in [3.63, 3.8) is 0 Å². The predicted octanol–water partition coefficient (Wildman–Crippen LogP) is 17.1. The summed E-state index contributed by atoms with van der Waals surface area (Å²) in [6.45, 7) is 25.7. The summed E-state index contributed by atoms with van der Waals surface area (Å²) in [6.07, 6.45) is 0. The molecule has 0 heterocycles. The molecule has 9 heteroatoms. The lowest BCUT2D eigenvalue weighted by molar-refractivity contribution is 0.378. The topological polar surface area (TPSA) is 55.4 Å². The molecule has 0 saturated heterocycles. The van der Waals surface area contributed by atoms with Crippen LogP contribution in [-0.2, 0) is 0 Å². The predicted molar refractivity (Wildman–Crippen MR) is 256 cm³/mol. The van der Waals surface area contributed by atoms with Crippen molar-refractivity contribution < 1.29 is 27.1 Å². The second kappa shape index (κ2) is 20.9. The molecule has 0 spiro atoms. The first kappa shape index (κ1) is 45.8. The summed E-state index contributed by atoms with van der Waals surface area (Å²) in [7, 11) is -3.96. The van der Waals surface area contributed by atoms with Gasteiger partial charge in [0.2, 0.25) is 0 Å². The van der Waals surface area contributed by atoms with Crippen LogP contribution in [0.15, 0.2) is 131 Å². The second-order valence-corrected chi connectivity index (χ2v) is 19.8. The first-order valence-corrected chi connectivity index (χ1v) is 24.1. The molecule has 0 amide bonds. The normalized spacial score (nSPS) is 11.6. The highest BCUT2D eigenvalue weighted by atomic mass is 32.2. The van der Waals surface area contributed by atoms with Crippen molar-refractivity contribution in [3.05, 3.63) is 166 Å². The van der Waals surface area contributed by atoms with Gasteiger partial charge >= 0.3 is 17.2 Å².